The Bertz CT molecular complexity index is 4250. The van der Waals surface area contributed by atoms with Crippen molar-refractivity contribution in [1.29, 1.82) is 0 Å². The van der Waals surface area contributed by atoms with Gasteiger partial charge in [0, 0.05) is 43.6 Å². The van der Waals surface area contributed by atoms with Crippen molar-refractivity contribution in [3.05, 3.63) is 237 Å². The Labute approximate surface area is 403 Å². The van der Waals surface area contributed by atoms with Gasteiger partial charge in [-0.05, 0) is 107 Å². The predicted octanol–water partition coefficient (Wildman–Crippen LogP) is 17.2. The van der Waals surface area contributed by atoms with Crippen LogP contribution in [0.25, 0.3) is 133 Å². The highest BCUT2D eigenvalue weighted by molar-refractivity contribution is 6.15. The quantitative estimate of drug-likeness (QED) is 0.135. The fourth-order valence-electron chi connectivity index (χ4n) is 10.0. The molecule has 9 aromatic carbocycles. The molecule has 0 amide bonds. The van der Waals surface area contributed by atoms with E-state index in [2.05, 4.69) is 187 Å². The van der Waals surface area contributed by atoms with Gasteiger partial charge in [0.15, 0.2) is 17.5 Å². The van der Waals surface area contributed by atoms with Crippen LogP contribution in [0.2, 0.25) is 0 Å². The van der Waals surface area contributed by atoms with Crippen LogP contribution in [0.4, 0.5) is 0 Å². The summed E-state index contributed by atoms with van der Waals surface area (Å²) in [7, 11) is 0. The second-order valence-electron chi connectivity index (χ2n) is 17.5. The van der Waals surface area contributed by atoms with Gasteiger partial charge in [-0.3, -0.25) is 0 Å². The van der Waals surface area contributed by atoms with E-state index < -0.39 is 0 Å². The van der Waals surface area contributed by atoms with Crippen LogP contribution in [0, 0.1) is 0 Å². The van der Waals surface area contributed by atoms with Crippen molar-refractivity contribution >= 4 is 71.3 Å². The van der Waals surface area contributed by atoms with Crippen molar-refractivity contribution < 1.29 is 8.83 Å². The molecule has 0 unspecified atom stereocenters. The summed E-state index contributed by atoms with van der Waals surface area (Å²) in [6.07, 6.45) is 7.63. The van der Waals surface area contributed by atoms with Crippen molar-refractivity contribution in [1.82, 2.24) is 19.5 Å². The highest BCUT2D eigenvalue weighted by Crippen LogP contribution is 2.42. The summed E-state index contributed by atoms with van der Waals surface area (Å²) in [5.41, 5.74) is 16.0. The minimum Gasteiger partial charge on any atom is -0.456 e. The Balaban J connectivity index is 0.871. The van der Waals surface area contributed by atoms with Gasteiger partial charge in [0.25, 0.3) is 0 Å². The molecule has 70 heavy (non-hydrogen) atoms. The molecule has 0 spiro atoms. The molecule has 4 aromatic heterocycles. The number of allylic oxidation sites excluding steroid dienone is 5. The molecule has 0 fully saturated rings. The topological polar surface area (TPSA) is 69.9 Å². The number of nitrogens with zero attached hydrogens (tertiary/aromatic N) is 4. The van der Waals surface area contributed by atoms with Crippen molar-refractivity contribution in [3.63, 3.8) is 0 Å². The third kappa shape index (κ3) is 6.92. The summed E-state index contributed by atoms with van der Waals surface area (Å²) in [5.74, 6) is 1.68. The number of benzene rings is 9. The van der Waals surface area contributed by atoms with E-state index in [4.69, 9.17) is 23.8 Å². The van der Waals surface area contributed by atoms with Gasteiger partial charge < -0.3 is 13.4 Å². The fraction of sp³-hybridized carbons (Fsp3) is 0.0156. The Morgan fingerprint density at radius 3 is 1.80 bits per heavy atom. The first-order chi connectivity index (χ1) is 34.6. The van der Waals surface area contributed by atoms with Crippen LogP contribution in [0.1, 0.15) is 12.7 Å². The number of para-hydroxylation sites is 1. The zero-order valence-corrected chi connectivity index (χ0v) is 38.2. The third-order valence-corrected chi connectivity index (χ3v) is 13.3. The van der Waals surface area contributed by atoms with Crippen LogP contribution in [0.5, 0.6) is 0 Å². The molecule has 330 valence electrons. The van der Waals surface area contributed by atoms with E-state index in [0.717, 1.165) is 99.6 Å². The zero-order chi connectivity index (χ0) is 46.7. The van der Waals surface area contributed by atoms with Gasteiger partial charge in [0.05, 0.1) is 22.1 Å². The van der Waals surface area contributed by atoms with E-state index in [-0.39, 0.29) is 0 Å². The molecular weight excluding hydrogens is 857 g/mol. The van der Waals surface area contributed by atoms with E-state index in [1.54, 1.807) is 6.08 Å². The minimum absolute atomic E-state index is 0.548. The number of aromatic nitrogens is 4. The SMILES string of the molecule is C=C/C=C(\C=C/C)c1nc(-c2ccc(-c3ccccc3)cc2)nc(-c2ccc3c(c2)oc2ccc(-c4ccc5c(c4)oc4cccc(-n6c7ccccc7c7cc(-c8ccccc8)ccc76)c45)cc23)n1. The largest absolute Gasteiger partial charge is 0.456 e. The Kier molecular flexibility index (Phi) is 9.77. The molecule has 0 saturated carbocycles. The van der Waals surface area contributed by atoms with Crippen molar-refractivity contribution in [2.24, 2.45) is 0 Å². The Morgan fingerprint density at radius 1 is 0.429 bits per heavy atom. The van der Waals surface area contributed by atoms with Crippen LogP contribution in [-0.2, 0) is 0 Å². The lowest BCUT2D eigenvalue weighted by Gasteiger charge is -2.10. The maximum absolute atomic E-state index is 6.70. The van der Waals surface area contributed by atoms with Crippen LogP contribution in [0.3, 0.4) is 0 Å². The van der Waals surface area contributed by atoms with E-state index in [1.165, 1.54) is 21.9 Å². The first-order valence-corrected chi connectivity index (χ1v) is 23.5. The second-order valence-corrected chi connectivity index (χ2v) is 17.5. The number of rotatable bonds is 9. The van der Waals surface area contributed by atoms with E-state index >= 15 is 0 Å². The van der Waals surface area contributed by atoms with Crippen LogP contribution >= 0.6 is 0 Å². The molecule has 0 saturated heterocycles. The summed E-state index contributed by atoms with van der Waals surface area (Å²) in [5, 5.41) is 6.60. The van der Waals surface area contributed by atoms with Crippen LogP contribution in [-0.4, -0.2) is 19.5 Å². The average Bonchev–Trinajstić information content (AvgIpc) is 4.10. The van der Waals surface area contributed by atoms with Gasteiger partial charge in [-0.25, -0.2) is 15.0 Å². The van der Waals surface area contributed by atoms with Crippen LogP contribution in [0.15, 0.2) is 240 Å². The molecule has 0 bridgehead atoms. The first-order valence-electron chi connectivity index (χ1n) is 23.5. The summed E-state index contributed by atoms with van der Waals surface area (Å²) in [6.45, 7) is 5.93. The molecule has 0 atom stereocenters. The molecule has 0 radical (unpaired) electrons. The maximum Gasteiger partial charge on any atom is 0.164 e. The van der Waals surface area contributed by atoms with Crippen molar-refractivity contribution in [2.45, 2.75) is 6.92 Å². The number of furan rings is 2. The molecule has 0 aliphatic rings. The van der Waals surface area contributed by atoms with Gasteiger partial charge in [0.2, 0.25) is 0 Å². The lowest BCUT2D eigenvalue weighted by Crippen LogP contribution is -2.02. The lowest BCUT2D eigenvalue weighted by molar-refractivity contribution is 0.669. The second kappa shape index (κ2) is 16.7. The smallest absolute Gasteiger partial charge is 0.164 e. The number of hydrogen-bond donors (Lipinski definition) is 0. The average molecular weight is 899 g/mol. The number of fused-ring (bicyclic) bond motifs is 9. The van der Waals surface area contributed by atoms with E-state index in [9.17, 15) is 0 Å². The third-order valence-electron chi connectivity index (χ3n) is 13.3. The monoisotopic (exact) mass is 898 g/mol. The summed E-state index contributed by atoms with van der Waals surface area (Å²) < 4.78 is 15.6. The fourth-order valence-corrected chi connectivity index (χ4v) is 10.0. The molecule has 6 nitrogen and oxygen atoms in total. The highest BCUT2D eigenvalue weighted by Gasteiger charge is 2.20. The summed E-state index contributed by atoms with van der Waals surface area (Å²) >= 11 is 0. The molecule has 0 N–H and O–H groups in total. The van der Waals surface area contributed by atoms with E-state index in [0.29, 0.717) is 17.5 Å². The Morgan fingerprint density at radius 2 is 1.00 bits per heavy atom. The maximum atomic E-state index is 6.70. The molecular formula is C64H42N4O2. The molecule has 0 aliphatic carbocycles. The van der Waals surface area contributed by atoms with Gasteiger partial charge in [-0.1, -0.05) is 164 Å². The van der Waals surface area contributed by atoms with Gasteiger partial charge in [0.1, 0.15) is 22.3 Å². The standard InChI is InChI=1S/C64H42N4O2/c1-3-14-43(15-4-2)62-65-63(44-26-24-42(25-27-44)40-16-7-5-8-17-40)67-64(66-62)48-29-32-50-53-37-46(31-35-57(53)69-59(50)39-48)47-28-33-51-60(38-47)70-58-23-13-22-56(61(51)58)68-54-21-12-11-20-49(54)52-36-45(30-34-55(52)68)41-18-9-6-10-19-41/h3-39H,1H2,2H3/b15-4-,43-14+. The number of hydrogen-bond acceptors (Lipinski definition) is 5. The first kappa shape index (κ1) is 40.8. The minimum atomic E-state index is 0.548. The predicted molar refractivity (Wildman–Crippen MR) is 289 cm³/mol. The lowest BCUT2D eigenvalue weighted by atomic mass is 10.0. The summed E-state index contributed by atoms with van der Waals surface area (Å²) in [6, 6.07) is 70.2. The molecule has 13 rings (SSSR count). The van der Waals surface area contributed by atoms with Gasteiger partial charge in [-0.15, -0.1) is 0 Å². The zero-order valence-electron chi connectivity index (χ0n) is 38.2. The normalized spacial score (nSPS) is 12.2. The molecule has 13 aromatic rings. The van der Waals surface area contributed by atoms with E-state index in [1.807, 2.05) is 49.4 Å². The molecule has 6 heteroatoms. The highest BCUT2D eigenvalue weighted by atomic mass is 16.3. The molecule has 0 aliphatic heterocycles. The molecule has 4 heterocycles. The van der Waals surface area contributed by atoms with Crippen LogP contribution < -0.4 is 0 Å². The summed E-state index contributed by atoms with van der Waals surface area (Å²) in [4.78, 5) is 15.0. The Hall–Kier alpha value is -9.39. The van der Waals surface area contributed by atoms with Gasteiger partial charge in [-0.2, -0.15) is 0 Å². The van der Waals surface area contributed by atoms with Crippen molar-refractivity contribution in [2.75, 3.05) is 0 Å². The van der Waals surface area contributed by atoms with Gasteiger partial charge >= 0.3 is 0 Å². The van der Waals surface area contributed by atoms with Crippen molar-refractivity contribution in [3.8, 4) is 61.8 Å².